The van der Waals surface area contributed by atoms with Crippen molar-refractivity contribution in [3.8, 4) is 0 Å². The van der Waals surface area contributed by atoms with Crippen molar-refractivity contribution >= 4 is 34.7 Å². The number of aromatic nitrogens is 2. The minimum atomic E-state index is 0.721. The molecule has 0 aliphatic heterocycles. The fourth-order valence-corrected chi connectivity index (χ4v) is 2.05. The largest absolute Gasteiger partial charge is 0.277 e. The number of fused-ring (bicyclic) bond motifs is 1. The molecule has 0 saturated carbocycles. The van der Waals surface area contributed by atoms with E-state index in [0.717, 1.165) is 27.2 Å². The third-order valence-electron chi connectivity index (χ3n) is 2.79. The van der Waals surface area contributed by atoms with E-state index >= 15 is 0 Å². The second-order valence-electron chi connectivity index (χ2n) is 4.04. The lowest BCUT2D eigenvalue weighted by atomic mass is 10.1. The number of nitrogens with zero attached hydrogens (tertiary/aromatic N) is 1. The van der Waals surface area contributed by atoms with E-state index in [1.54, 1.807) is 0 Å². The van der Waals surface area contributed by atoms with Crippen LogP contribution in [-0.2, 0) is 0 Å². The zero-order chi connectivity index (χ0) is 12.4. The van der Waals surface area contributed by atoms with Crippen molar-refractivity contribution in [2.45, 2.75) is 0 Å². The third-order valence-corrected chi connectivity index (χ3v) is 3.02. The van der Waals surface area contributed by atoms with Crippen molar-refractivity contribution < 1.29 is 0 Å². The molecule has 18 heavy (non-hydrogen) atoms. The first-order valence-electron chi connectivity index (χ1n) is 5.70. The summed E-state index contributed by atoms with van der Waals surface area (Å²) in [6.07, 6.45) is 4.06. The van der Waals surface area contributed by atoms with Crippen LogP contribution in [0.4, 0.5) is 0 Å². The molecule has 0 bridgehead atoms. The van der Waals surface area contributed by atoms with Gasteiger partial charge in [-0.2, -0.15) is 5.10 Å². The molecule has 0 aliphatic rings. The van der Waals surface area contributed by atoms with Gasteiger partial charge in [0.15, 0.2) is 0 Å². The van der Waals surface area contributed by atoms with Crippen LogP contribution in [0, 0.1) is 0 Å². The molecule has 0 fully saturated rings. The Labute approximate surface area is 110 Å². The first-order chi connectivity index (χ1) is 8.83. The average Bonchev–Trinajstić information content (AvgIpc) is 2.80. The van der Waals surface area contributed by atoms with Crippen LogP contribution in [0.2, 0.25) is 5.02 Å². The lowest BCUT2D eigenvalue weighted by molar-refractivity contribution is 1.11. The highest BCUT2D eigenvalue weighted by Crippen LogP contribution is 2.22. The van der Waals surface area contributed by atoms with Crippen LogP contribution >= 0.6 is 11.6 Å². The standard InChI is InChI=1S/C15H11ClN2/c16-12-7-9-15-13(10-12)14(17-18-15)8-6-11-4-2-1-3-5-11/h1-10H,(H,17,18). The summed E-state index contributed by atoms with van der Waals surface area (Å²) in [5.41, 5.74) is 3.05. The van der Waals surface area contributed by atoms with Crippen molar-refractivity contribution in [3.05, 3.63) is 64.8 Å². The average molecular weight is 255 g/mol. The Morgan fingerprint density at radius 2 is 1.83 bits per heavy atom. The number of H-pyrrole nitrogens is 1. The van der Waals surface area contributed by atoms with Gasteiger partial charge >= 0.3 is 0 Å². The number of hydrogen-bond acceptors (Lipinski definition) is 1. The highest BCUT2D eigenvalue weighted by atomic mass is 35.5. The maximum Gasteiger partial charge on any atom is 0.0928 e. The van der Waals surface area contributed by atoms with Crippen molar-refractivity contribution in [3.63, 3.8) is 0 Å². The molecule has 0 amide bonds. The molecule has 0 saturated heterocycles. The van der Waals surface area contributed by atoms with Gasteiger partial charge in [-0.1, -0.05) is 48.0 Å². The second-order valence-corrected chi connectivity index (χ2v) is 4.48. The van der Waals surface area contributed by atoms with Gasteiger partial charge in [-0.3, -0.25) is 5.10 Å². The Balaban J connectivity index is 2.00. The van der Waals surface area contributed by atoms with E-state index in [1.807, 2.05) is 48.6 Å². The smallest absolute Gasteiger partial charge is 0.0928 e. The summed E-state index contributed by atoms with van der Waals surface area (Å²) in [4.78, 5) is 0. The summed E-state index contributed by atoms with van der Waals surface area (Å²) in [5.74, 6) is 0. The third kappa shape index (κ3) is 2.15. The maximum absolute atomic E-state index is 6.00. The van der Waals surface area contributed by atoms with Crippen LogP contribution in [0.5, 0.6) is 0 Å². The Morgan fingerprint density at radius 3 is 2.67 bits per heavy atom. The number of halogens is 1. The predicted molar refractivity (Wildman–Crippen MR) is 76.5 cm³/mol. The quantitative estimate of drug-likeness (QED) is 0.722. The molecule has 1 N–H and O–H groups in total. The molecule has 3 rings (SSSR count). The first-order valence-corrected chi connectivity index (χ1v) is 6.07. The minimum absolute atomic E-state index is 0.721. The molecule has 3 aromatic rings. The molecule has 0 atom stereocenters. The van der Waals surface area contributed by atoms with Crippen LogP contribution < -0.4 is 0 Å². The number of benzene rings is 2. The first kappa shape index (κ1) is 11.1. The molecular formula is C15H11ClN2. The van der Waals surface area contributed by atoms with Gasteiger partial charge in [-0.05, 0) is 29.8 Å². The van der Waals surface area contributed by atoms with Crippen molar-refractivity contribution in [2.75, 3.05) is 0 Å². The summed E-state index contributed by atoms with van der Waals surface area (Å²) in [7, 11) is 0. The van der Waals surface area contributed by atoms with Gasteiger partial charge in [-0.15, -0.1) is 0 Å². The van der Waals surface area contributed by atoms with E-state index in [-0.39, 0.29) is 0 Å². The molecule has 0 unspecified atom stereocenters. The summed E-state index contributed by atoms with van der Waals surface area (Å²) in [5, 5.41) is 9.01. The Bertz CT molecular complexity index is 699. The monoisotopic (exact) mass is 254 g/mol. The Morgan fingerprint density at radius 1 is 1.00 bits per heavy atom. The number of hydrogen-bond donors (Lipinski definition) is 1. The van der Waals surface area contributed by atoms with Gasteiger partial charge < -0.3 is 0 Å². The van der Waals surface area contributed by atoms with E-state index in [2.05, 4.69) is 22.3 Å². The molecule has 2 aromatic carbocycles. The Hall–Kier alpha value is -2.06. The number of aromatic amines is 1. The molecule has 1 heterocycles. The summed E-state index contributed by atoms with van der Waals surface area (Å²) >= 11 is 6.00. The fourth-order valence-electron chi connectivity index (χ4n) is 1.87. The number of rotatable bonds is 2. The summed E-state index contributed by atoms with van der Waals surface area (Å²) in [6, 6.07) is 15.8. The zero-order valence-corrected chi connectivity index (χ0v) is 10.4. The molecule has 3 heteroatoms. The van der Waals surface area contributed by atoms with E-state index in [9.17, 15) is 0 Å². The lowest BCUT2D eigenvalue weighted by Gasteiger charge is -1.93. The van der Waals surface area contributed by atoms with E-state index < -0.39 is 0 Å². The normalized spacial score (nSPS) is 11.4. The van der Waals surface area contributed by atoms with Crippen molar-refractivity contribution in [1.82, 2.24) is 10.2 Å². The second kappa shape index (κ2) is 4.67. The van der Waals surface area contributed by atoms with E-state index in [0.29, 0.717) is 0 Å². The van der Waals surface area contributed by atoms with Gasteiger partial charge in [-0.25, -0.2) is 0 Å². The fraction of sp³-hybridized carbons (Fsp3) is 0. The van der Waals surface area contributed by atoms with Gasteiger partial charge in [0.2, 0.25) is 0 Å². The predicted octanol–water partition coefficient (Wildman–Crippen LogP) is 4.39. The summed E-state index contributed by atoms with van der Waals surface area (Å²) < 4.78 is 0. The molecule has 0 spiro atoms. The van der Waals surface area contributed by atoms with E-state index in [1.165, 1.54) is 0 Å². The molecule has 1 aromatic heterocycles. The highest BCUT2D eigenvalue weighted by Gasteiger charge is 2.02. The zero-order valence-electron chi connectivity index (χ0n) is 9.60. The van der Waals surface area contributed by atoms with Gasteiger partial charge in [0.05, 0.1) is 11.2 Å². The topological polar surface area (TPSA) is 28.7 Å². The number of nitrogens with one attached hydrogen (secondary N) is 1. The van der Waals surface area contributed by atoms with Crippen molar-refractivity contribution in [2.24, 2.45) is 0 Å². The van der Waals surface area contributed by atoms with Crippen molar-refractivity contribution in [1.29, 1.82) is 0 Å². The van der Waals surface area contributed by atoms with Crippen LogP contribution in [0.3, 0.4) is 0 Å². The molecule has 0 aliphatic carbocycles. The molecule has 0 radical (unpaired) electrons. The Kier molecular flexibility index (Phi) is 2.87. The SMILES string of the molecule is Clc1ccc2n[nH]c(C=Cc3ccccc3)c2c1. The summed E-state index contributed by atoms with van der Waals surface area (Å²) in [6.45, 7) is 0. The molecular weight excluding hydrogens is 244 g/mol. The van der Waals surface area contributed by atoms with Crippen LogP contribution in [0.25, 0.3) is 23.1 Å². The van der Waals surface area contributed by atoms with Crippen LogP contribution in [0.15, 0.2) is 48.5 Å². The molecule has 88 valence electrons. The maximum atomic E-state index is 6.00. The minimum Gasteiger partial charge on any atom is -0.277 e. The van der Waals surface area contributed by atoms with Gasteiger partial charge in [0, 0.05) is 10.4 Å². The van der Waals surface area contributed by atoms with Gasteiger partial charge in [0.1, 0.15) is 0 Å². The van der Waals surface area contributed by atoms with Crippen LogP contribution in [0.1, 0.15) is 11.3 Å². The lowest BCUT2D eigenvalue weighted by Crippen LogP contribution is -1.73. The highest BCUT2D eigenvalue weighted by molar-refractivity contribution is 6.31. The van der Waals surface area contributed by atoms with Gasteiger partial charge in [0.25, 0.3) is 0 Å². The van der Waals surface area contributed by atoms with Crippen LogP contribution in [-0.4, -0.2) is 10.2 Å². The van der Waals surface area contributed by atoms with E-state index in [4.69, 9.17) is 11.6 Å². The molecule has 2 nitrogen and oxygen atoms in total.